The number of ether oxygens (including phenoxy) is 2. The Kier molecular flexibility index (Phi) is 9.23. The van der Waals surface area contributed by atoms with Crippen molar-refractivity contribution in [3.05, 3.63) is 110 Å². The number of para-hydroxylation sites is 1. The van der Waals surface area contributed by atoms with Crippen LogP contribution in [0.25, 0.3) is 16.6 Å². The number of hydrogen-bond donors (Lipinski definition) is 2. The van der Waals surface area contributed by atoms with Gasteiger partial charge in [0.05, 0.1) is 12.6 Å². The van der Waals surface area contributed by atoms with Crippen LogP contribution in [0.1, 0.15) is 84.8 Å². The van der Waals surface area contributed by atoms with E-state index in [9.17, 15) is 24.0 Å². The van der Waals surface area contributed by atoms with Crippen LogP contribution in [0.3, 0.4) is 0 Å². The first-order valence-electron chi connectivity index (χ1n) is 17.7. The molecular formula is C41H42ClN3O7. The molecule has 4 aliphatic carbocycles. The van der Waals surface area contributed by atoms with Crippen molar-refractivity contribution in [3.63, 3.8) is 0 Å². The molecule has 52 heavy (non-hydrogen) atoms. The predicted octanol–water partition coefficient (Wildman–Crippen LogP) is 6.16. The lowest BCUT2D eigenvalue weighted by Crippen LogP contribution is -2.68. The Morgan fingerprint density at radius 3 is 2.25 bits per heavy atom. The van der Waals surface area contributed by atoms with E-state index < -0.39 is 17.5 Å². The second-order valence-corrected chi connectivity index (χ2v) is 15.6. The quantitative estimate of drug-likeness (QED) is 0.198. The Bertz CT molecular complexity index is 2130. The molecule has 1 aromatic heterocycles. The molecule has 0 saturated heterocycles. The first kappa shape index (κ1) is 35.4. The van der Waals surface area contributed by atoms with E-state index in [0.717, 1.165) is 37.7 Å². The van der Waals surface area contributed by atoms with E-state index in [0.29, 0.717) is 33.1 Å². The molecule has 0 aliphatic heterocycles. The zero-order valence-corrected chi connectivity index (χ0v) is 30.4. The summed E-state index contributed by atoms with van der Waals surface area (Å²) in [5.41, 5.74) is 0.849. The number of amides is 2. The van der Waals surface area contributed by atoms with Crippen molar-refractivity contribution in [1.82, 2.24) is 15.2 Å². The van der Waals surface area contributed by atoms with Gasteiger partial charge in [-0.15, -0.1) is 0 Å². The van der Waals surface area contributed by atoms with E-state index in [2.05, 4.69) is 10.6 Å². The molecule has 0 spiro atoms. The standard InChI is InChI=1S/C41H42ClN3O7/c1-23(46)52-40(2,3)39(50)44-41-20-25-16-27(21-41)34(28(17-25)22-41)43-37(48)26-12-10-24(11-13-26)18-32-35(38(49)51-4)45(30-8-6-5-7-9-30)33-19-29(42)14-15-31(33)36(32)47/h5-15,19,25,27-28,34H,16-18,20-22H2,1-4H3,(H,43,48)(H,44,50)/t25-,27-,28+,34-,41+. The molecule has 2 amide bonds. The number of rotatable bonds is 9. The minimum atomic E-state index is -1.27. The third kappa shape index (κ3) is 6.60. The maximum Gasteiger partial charge on any atom is 0.355 e. The molecule has 4 saturated carbocycles. The van der Waals surface area contributed by atoms with Crippen molar-refractivity contribution >= 4 is 46.3 Å². The van der Waals surface area contributed by atoms with E-state index in [4.69, 9.17) is 21.1 Å². The fourth-order valence-electron chi connectivity index (χ4n) is 9.15. The van der Waals surface area contributed by atoms with Crippen molar-refractivity contribution in [2.24, 2.45) is 17.8 Å². The Hall–Kier alpha value is -4.96. The molecule has 0 radical (unpaired) electrons. The van der Waals surface area contributed by atoms with Crippen LogP contribution in [-0.4, -0.2) is 52.6 Å². The van der Waals surface area contributed by atoms with Crippen molar-refractivity contribution < 1.29 is 28.7 Å². The van der Waals surface area contributed by atoms with Crippen LogP contribution in [0, 0.1) is 17.8 Å². The smallest absolute Gasteiger partial charge is 0.355 e. The Morgan fingerprint density at radius 1 is 0.942 bits per heavy atom. The Balaban J connectivity index is 1.11. The monoisotopic (exact) mass is 723 g/mol. The molecule has 270 valence electrons. The summed E-state index contributed by atoms with van der Waals surface area (Å²) >= 11 is 6.36. The van der Waals surface area contributed by atoms with Gasteiger partial charge in [-0.05, 0) is 112 Å². The van der Waals surface area contributed by atoms with Gasteiger partial charge in [-0.1, -0.05) is 41.9 Å². The molecule has 4 fully saturated rings. The van der Waals surface area contributed by atoms with E-state index >= 15 is 0 Å². The molecular weight excluding hydrogens is 682 g/mol. The fraction of sp³-hybridized carbons (Fsp3) is 0.390. The fourth-order valence-corrected chi connectivity index (χ4v) is 9.32. The topological polar surface area (TPSA) is 133 Å². The minimum Gasteiger partial charge on any atom is -0.464 e. The number of halogens is 1. The maximum absolute atomic E-state index is 14.0. The highest BCUT2D eigenvalue weighted by atomic mass is 35.5. The number of esters is 2. The van der Waals surface area contributed by atoms with Crippen LogP contribution in [0.2, 0.25) is 5.02 Å². The third-order valence-electron chi connectivity index (χ3n) is 11.1. The van der Waals surface area contributed by atoms with Crippen LogP contribution in [0.5, 0.6) is 0 Å². The summed E-state index contributed by atoms with van der Waals surface area (Å²) in [5.74, 6) is -0.720. The number of pyridine rings is 1. The number of hydrogen-bond acceptors (Lipinski definition) is 7. The number of methoxy groups -OCH3 is 1. The lowest BCUT2D eigenvalue weighted by atomic mass is 9.51. The van der Waals surface area contributed by atoms with Gasteiger partial charge in [0, 0.05) is 52.1 Å². The Morgan fingerprint density at radius 2 is 1.62 bits per heavy atom. The summed E-state index contributed by atoms with van der Waals surface area (Å²) in [7, 11) is 1.29. The predicted molar refractivity (Wildman–Crippen MR) is 197 cm³/mol. The van der Waals surface area contributed by atoms with Gasteiger partial charge in [0.15, 0.2) is 11.0 Å². The minimum absolute atomic E-state index is 0.0135. The lowest BCUT2D eigenvalue weighted by Gasteiger charge is -2.60. The van der Waals surface area contributed by atoms with Crippen LogP contribution in [0.4, 0.5) is 0 Å². The first-order valence-corrected chi connectivity index (χ1v) is 18.1. The van der Waals surface area contributed by atoms with Crippen LogP contribution >= 0.6 is 11.6 Å². The number of fused-ring (bicyclic) bond motifs is 1. The molecule has 3 aromatic carbocycles. The van der Waals surface area contributed by atoms with E-state index in [1.165, 1.54) is 14.0 Å². The number of carbonyl (C=O) groups is 4. The SMILES string of the molecule is COC(=O)c1c(Cc2ccc(C(=O)N[C@@H]3[C@@H]4C[C@@H]5C[C@H]3C[C@](NC(=O)C(C)(C)OC(C)=O)(C5)C4)cc2)c(=O)c2ccc(Cl)cc2n1-c1ccccc1. The lowest BCUT2D eigenvalue weighted by molar-refractivity contribution is -0.165. The Labute approximate surface area is 306 Å². The molecule has 10 nitrogen and oxygen atoms in total. The van der Waals surface area contributed by atoms with Crippen LogP contribution < -0.4 is 16.1 Å². The van der Waals surface area contributed by atoms with E-state index in [-0.39, 0.29) is 58.3 Å². The maximum atomic E-state index is 14.0. The van der Waals surface area contributed by atoms with Crippen molar-refractivity contribution in [3.8, 4) is 5.69 Å². The van der Waals surface area contributed by atoms with Gasteiger partial charge in [-0.25, -0.2) is 4.79 Å². The molecule has 1 heterocycles. The normalized spacial score (nSPS) is 23.2. The molecule has 4 aliphatic rings. The number of nitrogens with one attached hydrogen (secondary N) is 2. The van der Waals surface area contributed by atoms with E-state index in [1.54, 1.807) is 60.9 Å². The van der Waals surface area contributed by atoms with Gasteiger partial charge < -0.3 is 24.7 Å². The van der Waals surface area contributed by atoms with Crippen molar-refractivity contribution in [2.45, 2.75) is 76.5 Å². The summed E-state index contributed by atoms with van der Waals surface area (Å²) in [6.07, 6.45) is 4.52. The molecule has 11 heteroatoms. The highest BCUT2D eigenvalue weighted by Gasteiger charge is 2.57. The number of aromatic nitrogens is 1. The molecule has 0 unspecified atom stereocenters. The molecule has 4 bridgehead atoms. The molecule has 5 atom stereocenters. The van der Waals surface area contributed by atoms with Gasteiger partial charge >= 0.3 is 11.9 Å². The van der Waals surface area contributed by atoms with Crippen LogP contribution in [-0.2, 0) is 25.5 Å². The van der Waals surface area contributed by atoms with Gasteiger partial charge in [-0.2, -0.15) is 0 Å². The molecule has 8 rings (SSSR count). The number of benzene rings is 3. The second-order valence-electron chi connectivity index (χ2n) is 15.2. The zero-order valence-electron chi connectivity index (χ0n) is 29.7. The van der Waals surface area contributed by atoms with Crippen molar-refractivity contribution in [1.29, 1.82) is 0 Å². The summed E-state index contributed by atoms with van der Waals surface area (Å²) in [6, 6.07) is 21.3. The highest BCUT2D eigenvalue weighted by molar-refractivity contribution is 6.31. The van der Waals surface area contributed by atoms with Gasteiger partial charge in [0.1, 0.15) is 5.69 Å². The molecule has 2 N–H and O–H groups in total. The first-order chi connectivity index (χ1) is 24.8. The average molecular weight is 724 g/mol. The van der Waals surface area contributed by atoms with Gasteiger partial charge in [0.2, 0.25) is 0 Å². The summed E-state index contributed by atoms with van der Waals surface area (Å²) in [4.78, 5) is 65.8. The summed E-state index contributed by atoms with van der Waals surface area (Å²) < 4.78 is 12.2. The van der Waals surface area contributed by atoms with Crippen LogP contribution in [0.15, 0.2) is 77.6 Å². The van der Waals surface area contributed by atoms with E-state index in [1.807, 2.05) is 30.3 Å². The van der Waals surface area contributed by atoms with Crippen molar-refractivity contribution in [2.75, 3.05) is 7.11 Å². The summed E-state index contributed by atoms with van der Waals surface area (Å²) in [6.45, 7) is 4.51. The number of carbonyl (C=O) groups excluding carboxylic acids is 4. The van der Waals surface area contributed by atoms with Gasteiger partial charge in [0.25, 0.3) is 11.8 Å². The highest BCUT2D eigenvalue weighted by Crippen LogP contribution is 2.56. The zero-order chi connectivity index (χ0) is 36.9. The largest absolute Gasteiger partial charge is 0.464 e. The second kappa shape index (κ2) is 13.5. The van der Waals surface area contributed by atoms with Gasteiger partial charge in [-0.3, -0.25) is 19.2 Å². The molecule has 4 aromatic rings. The third-order valence-corrected chi connectivity index (χ3v) is 11.3. The summed E-state index contributed by atoms with van der Waals surface area (Å²) in [5, 5.41) is 7.42. The average Bonchev–Trinajstić information content (AvgIpc) is 3.10. The number of nitrogens with zero attached hydrogens (tertiary/aromatic N) is 1.